The molecule has 1 aliphatic carbocycles. The second kappa shape index (κ2) is 5.92. The third-order valence-electron chi connectivity index (χ3n) is 5.10. The largest absolute Gasteiger partial charge is 0.311 e. The van der Waals surface area contributed by atoms with E-state index < -0.39 is 0 Å². The first-order valence-electron chi connectivity index (χ1n) is 8.05. The highest BCUT2D eigenvalue weighted by Crippen LogP contribution is 2.37. The van der Waals surface area contributed by atoms with Gasteiger partial charge in [-0.25, -0.2) is 0 Å². The molecule has 0 aromatic carbocycles. The number of hydrogen-bond donors (Lipinski definition) is 1. The van der Waals surface area contributed by atoms with Gasteiger partial charge >= 0.3 is 0 Å². The molecular weight excluding hydrogens is 220 g/mol. The summed E-state index contributed by atoms with van der Waals surface area (Å²) in [6.07, 6.45) is 8.31. The molecule has 2 rings (SSSR count). The van der Waals surface area contributed by atoms with Crippen LogP contribution in [0.15, 0.2) is 0 Å². The Kier molecular flexibility index (Phi) is 4.71. The predicted molar refractivity (Wildman–Crippen MR) is 78.9 cm³/mol. The lowest BCUT2D eigenvalue weighted by molar-refractivity contribution is 0.0182. The summed E-state index contributed by atoms with van der Waals surface area (Å²) in [5.74, 6) is 0.805. The van der Waals surface area contributed by atoms with E-state index in [9.17, 15) is 0 Å². The van der Waals surface area contributed by atoms with Crippen LogP contribution in [0, 0.1) is 5.92 Å². The summed E-state index contributed by atoms with van der Waals surface area (Å²) in [4.78, 5) is 2.86. The van der Waals surface area contributed by atoms with Crippen molar-refractivity contribution in [3.05, 3.63) is 0 Å². The molecule has 2 unspecified atom stereocenters. The Hall–Kier alpha value is -0.0800. The van der Waals surface area contributed by atoms with Crippen LogP contribution in [0.2, 0.25) is 0 Å². The van der Waals surface area contributed by atoms with Crippen LogP contribution in [0.1, 0.15) is 66.2 Å². The highest BCUT2D eigenvalue weighted by molar-refractivity contribution is 4.98. The average molecular weight is 252 g/mol. The van der Waals surface area contributed by atoms with Gasteiger partial charge in [0, 0.05) is 30.7 Å². The maximum atomic E-state index is 3.78. The van der Waals surface area contributed by atoms with Crippen molar-refractivity contribution >= 4 is 0 Å². The minimum absolute atomic E-state index is 0.498. The third kappa shape index (κ3) is 3.08. The summed E-state index contributed by atoms with van der Waals surface area (Å²) >= 11 is 0. The van der Waals surface area contributed by atoms with Gasteiger partial charge in [-0.2, -0.15) is 0 Å². The molecule has 2 fully saturated rings. The van der Waals surface area contributed by atoms with Crippen LogP contribution in [0.25, 0.3) is 0 Å². The molecule has 2 aliphatic rings. The summed E-state index contributed by atoms with van der Waals surface area (Å²) in [6.45, 7) is 12.0. The van der Waals surface area contributed by atoms with Crippen molar-refractivity contribution in [3.8, 4) is 0 Å². The van der Waals surface area contributed by atoms with E-state index in [1.807, 2.05) is 0 Å². The van der Waals surface area contributed by atoms with Gasteiger partial charge in [0.05, 0.1) is 0 Å². The van der Waals surface area contributed by atoms with Crippen molar-refractivity contribution < 1.29 is 0 Å². The van der Waals surface area contributed by atoms with Crippen LogP contribution >= 0.6 is 0 Å². The lowest BCUT2D eigenvalue weighted by atomic mass is 9.90. The molecule has 0 aromatic rings. The summed E-state index contributed by atoms with van der Waals surface area (Å²) in [7, 11) is 0. The highest BCUT2D eigenvalue weighted by atomic mass is 15.3. The lowest BCUT2D eigenvalue weighted by Crippen LogP contribution is -2.62. The number of nitrogens with zero attached hydrogens (tertiary/aromatic N) is 1. The molecule has 2 atom stereocenters. The summed E-state index contributed by atoms with van der Waals surface area (Å²) < 4.78 is 0. The SMILES string of the molecule is CCC1CNC(CC(C)C)CN1C1(C)CCCC1. The molecule has 1 heterocycles. The van der Waals surface area contributed by atoms with Crippen LogP contribution < -0.4 is 5.32 Å². The Morgan fingerprint density at radius 2 is 1.94 bits per heavy atom. The van der Waals surface area contributed by atoms with E-state index in [0.717, 1.165) is 12.0 Å². The van der Waals surface area contributed by atoms with Crippen molar-refractivity contribution in [2.75, 3.05) is 13.1 Å². The number of hydrogen-bond acceptors (Lipinski definition) is 2. The van der Waals surface area contributed by atoms with Crippen LogP contribution in [-0.4, -0.2) is 35.6 Å². The summed E-state index contributed by atoms with van der Waals surface area (Å²) in [6, 6.07) is 1.47. The standard InChI is InChI=1S/C16H32N2/c1-5-15-11-17-14(10-13(2)3)12-18(15)16(4)8-6-7-9-16/h13-15,17H,5-12H2,1-4H3. The van der Waals surface area contributed by atoms with Gasteiger partial charge in [-0.3, -0.25) is 4.90 Å². The number of nitrogens with one attached hydrogen (secondary N) is 1. The normalized spacial score (nSPS) is 33.2. The molecule has 1 N–H and O–H groups in total. The van der Waals surface area contributed by atoms with Crippen molar-refractivity contribution in [2.24, 2.45) is 5.92 Å². The molecule has 0 bridgehead atoms. The first-order chi connectivity index (χ1) is 8.55. The molecule has 0 spiro atoms. The molecule has 18 heavy (non-hydrogen) atoms. The summed E-state index contributed by atoms with van der Waals surface area (Å²) in [5, 5.41) is 3.78. The van der Waals surface area contributed by atoms with Gasteiger partial charge in [0.1, 0.15) is 0 Å². The molecule has 1 saturated carbocycles. The zero-order chi connectivity index (χ0) is 13.2. The minimum atomic E-state index is 0.498. The fourth-order valence-corrected chi connectivity index (χ4v) is 4.04. The Bertz CT molecular complexity index is 256. The third-order valence-corrected chi connectivity index (χ3v) is 5.10. The molecule has 0 radical (unpaired) electrons. The molecule has 2 heteroatoms. The average Bonchev–Trinajstić information content (AvgIpc) is 2.76. The lowest BCUT2D eigenvalue weighted by Gasteiger charge is -2.49. The fourth-order valence-electron chi connectivity index (χ4n) is 4.04. The smallest absolute Gasteiger partial charge is 0.0224 e. The van der Waals surface area contributed by atoms with E-state index in [1.165, 1.54) is 51.6 Å². The van der Waals surface area contributed by atoms with Crippen LogP contribution in [0.5, 0.6) is 0 Å². The van der Waals surface area contributed by atoms with Crippen LogP contribution in [-0.2, 0) is 0 Å². The Labute approximate surface area is 114 Å². The Balaban J connectivity index is 2.03. The van der Waals surface area contributed by atoms with E-state index in [0.29, 0.717) is 11.6 Å². The number of rotatable bonds is 4. The molecule has 0 amide bonds. The molecule has 0 aromatic heterocycles. The van der Waals surface area contributed by atoms with Crippen LogP contribution in [0.4, 0.5) is 0 Å². The van der Waals surface area contributed by atoms with E-state index >= 15 is 0 Å². The topological polar surface area (TPSA) is 15.3 Å². The van der Waals surface area contributed by atoms with Gasteiger partial charge in [-0.15, -0.1) is 0 Å². The van der Waals surface area contributed by atoms with Gasteiger partial charge in [0.25, 0.3) is 0 Å². The monoisotopic (exact) mass is 252 g/mol. The zero-order valence-electron chi connectivity index (χ0n) is 12.8. The zero-order valence-corrected chi connectivity index (χ0v) is 12.8. The predicted octanol–water partition coefficient (Wildman–Crippen LogP) is 3.42. The van der Waals surface area contributed by atoms with E-state index in [-0.39, 0.29) is 0 Å². The van der Waals surface area contributed by atoms with Crippen molar-refractivity contribution in [2.45, 2.75) is 83.8 Å². The van der Waals surface area contributed by atoms with E-state index in [1.54, 1.807) is 0 Å². The van der Waals surface area contributed by atoms with Gasteiger partial charge in [0.2, 0.25) is 0 Å². The maximum Gasteiger partial charge on any atom is 0.0224 e. The van der Waals surface area contributed by atoms with E-state index in [4.69, 9.17) is 0 Å². The second-order valence-electron chi connectivity index (χ2n) is 7.15. The first-order valence-corrected chi connectivity index (χ1v) is 8.05. The number of piperazine rings is 1. The summed E-state index contributed by atoms with van der Waals surface area (Å²) in [5.41, 5.74) is 0.498. The van der Waals surface area contributed by atoms with Crippen LogP contribution in [0.3, 0.4) is 0 Å². The molecule has 106 valence electrons. The minimum Gasteiger partial charge on any atom is -0.311 e. The van der Waals surface area contributed by atoms with Crippen molar-refractivity contribution in [1.82, 2.24) is 10.2 Å². The van der Waals surface area contributed by atoms with Gasteiger partial charge in [-0.05, 0) is 38.5 Å². The van der Waals surface area contributed by atoms with E-state index in [2.05, 4.69) is 37.9 Å². The first kappa shape index (κ1) is 14.3. The quantitative estimate of drug-likeness (QED) is 0.825. The van der Waals surface area contributed by atoms with Gasteiger partial charge in [-0.1, -0.05) is 33.6 Å². The molecular formula is C16H32N2. The fraction of sp³-hybridized carbons (Fsp3) is 1.00. The molecule has 1 aliphatic heterocycles. The molecule has 1 saturated heterocycles. The highest BCUT2D eigenvalue weighted by Gasteiger charge is 2.41. The van der Waals surface area contributed by atoms with Crippen molar-refractivity contribution in [1.29, 1.82) is 0 Å². The Morgan fingerprint density at radius 3 is 2.50 bits per heavy atom. The van der Waals surface area contributed by atoms with Gasteiger partial charge in [0.15, 0.2) is 0 Å². The van der Waals surface area contributed by atoms with Crippen molar-refractivity contribution in [3.63, 3.8) is 0 Å². The second-order valence-corrected chi connectivity index (χ2v) is 7.15. The molecule has 2 nitrogen and oxygen atoms in total. The Morgan fingerprint density at radius 1 is 1.28 bits per heavy atom. The maximum absolute atomic E-state index is 3.78. The van der Waals surface area contributed by atoms with Gasteiger partial charge < -0.3 is 5.32 Å².